The van der Waals surface area contributed by atoms with Crippen LogP contribution in [0.5, 0.6) is 11.5 Å². The van der Waals surface area contributed by atoms with Crippen molar-refractivity contribution in [1.82, 2.24) is 15.7 Å². The summed E-state index contributed by atoms with van der Waals surface area (Å²) in [7, 11) is 1.49. The number of carbonyl (C=O) groups excluding carboxylic acids is 1. The maximum atomic E-state index is 14.7. The molecule has 1 heterocycles. The highest BCUT2D eigenvalue weighted by atomic mass is 19.1. The number of ether oxygens (including phenoxy) is 1. The Morgan fingerprint density at radius 1 is 1.05 bits per heavy atom. The number of halogens is 1. The van der Waals surface area contributed by atoms with Gasteiger partial charge >= 0.3 is 0 Å². The summed E-state index contributed by atoms with van der Waals surface area (Å²) < 4.78 is 19.9. The topological polar surface area (TPSA) is 118 Å². The summed E-state index contributed by atoms with van der Waals surface area (Å²) in [6.07, 6.45) is 3.91. The van der Waals surface area contributed by atoms with Crippen molar-refractivity contribution in [2.45, 2.75) is 25.6 Å². The zero-order valence-corrected chi connectivity index (χ0v) is 24.3. The van der Waals surface area contributed by atoms with Crippen molar-refractivity contribution in [3.05, 3.63) is 113 Å². The number of nitrogens with zero attached hydrogens (tertiary/aromatic N) is 2. The van der Waals surface area contributed by atoms with Crippen LogP contribution in [0.4, 0.5) is 4.39 Å². The van der Waals surface area contributed by atoms with Gasteiger partial charge in [0.25, 0.3) is 5.91 Å². The summed E-state index contributed by atoms with van der Waals surface area (Å²) in [5.74, 6) is -0.768. The molecule has 0 aromatic heterocycles. The van der Waals surface area contributed by atoms with Gasteiger partial charge in [-0.05, 0) is 81.8 Å². The molecule has 4 N–H and O–H groups in total. The SMILES string of the molecule is COc1ccc(-c2ccc(CN3CC[C@H](NCc4ccc(/C=C/C(=O)NO)cc4)C3)cc2-c2ccc(C#N)c(F)c2)cc1O. The molecular formula is C35H33FN4O4. The van der Waals surface area contributed by atoms with Crippen molar-refractivity contribution in [1.29, 1.82) is 5.26 Å². The third-order valence-electron chi connectivity index (χ3n) is 7.76. The summed E-state index contributed by atoms with van der Waals surface area (Å²) in [6, 6.07) is 26.0. The molecule has 1 aliphatic heterocycles. The molecule has 224 valence electrons. The molecule has 9 heteroatoms. The zero-order chi connectivity index (χ0) is 31.1. The van der Waals surface area contributed by atoms with E-state index in [2.05, 4.69) is 22.3 Å². The van der Waals surface area contributed by atoms with Gasteiger partial charge in [0.2, 0.25) is 0 Å². The normalized spacial score (nSPS) is 14.9. The largest absolute Gasteiger partial charge is 0.504 e. The third kappa shape index (κ3) is 7.30. The molecule has 44 heavy (non-hydrogen) atoms. The van der Waals surface area contributed by atoms with Crippen LogP contribution in [0.1, 0.15) is 28.7 Å². The van der Waals surface area contributed by atoms with Crippen molar-refractivity contribution in [2.75, 3.05) is 20.2 Å². The Bertz CT molecular complexity index is 1720. The molecule has 5 rings (SSSR count). The Morgan fingerprint density at radius 3 is 2.50 bits per heavy atom. The van der Waals surface area contributed by atoms with Crippen molar-refractivity contribution < 1.29 is 24.2 Å². The van der Waals surface area contributed by atoms with Crippen molar-refractivity contribution in [3.63, 3.8) is 0 Å². The molecule has 0 spiro atoms. The van der Waals surface area contributed by atoms with E-state index in [1.165, 1.54) is 25.3 Å². The van der Waals surface area contributed by atoms with Gasteiger partial charge in [0.05, 0.1) is 12.7 Å². The van der Waals surface area contributed by atoms with Crippen molar-refractivity contribution >= 4 is 12.0 Å². The van der Waals surface area contributed by atoms with E-state index in [0.29, 0.717) is 17.4 Å². The standard InChI is InChI=1S/C35H33FN4O4/c1-44-34-12-10-27(18-33(34)41)30-11-6-25(16-31(30)26-8-9-28(19-37)32(36)17-26)21-40-15-14-29(22-40)38-20-24-4-2-23(3-5-24)7-13-35(42)39-43/h2-13,16-18,29,38,41,43H,14-15,20-22H2,1H3,(H,39,42)/b13-7+/t29-/m0/s1. The minimum atomic E-state index is -0.576. The quantitative estimate of drug-likeness (QED) is 0.107. The fourth-order valence-electron chi connectivity index (χ4n) is 5.43. The lowest BCUT2D eigenvalue weighted by Crippen LogP contribution is -2.31. The molecule has 8 nitrogen and oxygen atoms in total. The molecule has 0 aliphatic carbocycles. The number of hydroxylamine groups is 1. The van der Waals surface area contributed by atoms with E-state index < -0.39 is 11.7 Å². The first-order valence-electron chi connectivity index (χ1n) is 14.2. The summed E-state index contributed by atoms with van der Waals surface area (Å²) in [4.78, 5) is 13.6. The number of likely N-dealkylation sites (tertiary alicyclic amines) is 1. The summed E-state index contributed by atoms with van der Waals surface area (Å²) >= 11 is 0. The first kappa shape index (κ1) is 30.4. The zero-order valence-electron chi connectivity index (χ0n) is 24.3. The molecule has 1 atom stereocenters. The number of rotatable bonds is 10. The van der Waals surface area contributed by atoms with Crippen LogP contribution in [0.3, 0.4) is 0 Å². The van der Waals surface area contributed by atoms with Gasteiger partial charge in [-0.2, -0.15) is 5.26 Å². The fraction of sp³-hybridized carbons (Fsp3) is 0.200. The van der Waals surface area contributed by atoms with Gasteiger partial charge in [0.1, 0.15) is 11.9 Å². The van der Waals surface area contributed by atoms with Crippen LogP contribution >= 0.6 is 0 Å². The number of methoxy groups -OCH3 is 1. The average Bonchev–Trinajstić information content (AvgIpc) is 3.50. The number of phenolic OH excluding ortho intramolecular Hbond substituents is 1. The third-order valence-corrected chi connectivity index (χ3v) is 7.76. The Morgan fingerprint density at radius 2 is 1.80 bits per heavy atom. The number of nitriles is 1. The van der Waals surface area contributed by atoms with Gasteiger partial charge in [0.15, 0.2) is 11.5 Å². The molecule has 0 unspecified atom stereocenters. The smallest absolute Gasteiger partial charge is 0.267 e. The van der Waals surface area contributed by atoms with Gasteiger partial charge in [-0.15, -0.1) is 0 Å². The van der Waals surface area contributed by atoms with E-state index in [0.717, 1.165) is 66.0 Å². The van der Waals surface area contributed by atoms with Crippen molar-refractivity contribution in [3.8, 4) is 39.8 Å². The number of hydrogen-bond donors (Lipinski definition) is 4. The minimum absolute atomic E-state index is 0.0102. The van der Waals surface area contributed by atoms with Gasteiger partial charge < -0.3 is 15.2 Å². The second-order valence-corrected chi connectivity index (χ2v) is 10.7. The Balaban J connectivity index is 1.28. The predicted octanol–water partition coefficient (Wildman–Crippen LogP) is 5.63. The van der Waals surface area contributed by atoms with Crippen molar-refractivity contribution in [2.24, 2.45) is 0 Å². The number of amides is 1. The Kier molecular flexibility index (Phi) is 9.67. The molecule has 0 saturated carbocycles. The number of phenols is 1. The van der Waals surface area contributed by atoms with Crippen LogP contribution in [0.25, 0.3) is 28.3 Å². The number of hydrogen-bond acceptors (Lipinski definition) is 7. The lowest BCUT2D eigenvalue weighted by Gasteiger charge is -2.19. The van der Waals surface area contributed by atoms with Crippen LogP contribution in [0.2, 0.25) is 0 Å². The highest BCUT2D eigenvalue weighted by molar-refractivity contribution is 5.90. The molecule has 0 bridgehead atoms. The second kappa shape index (κ2) is 14.0. The van der Waals surface area contributed by atoms with Crippen LogP contribution in [0, 0.1) is 17.1 Å². The highest BCUT2D eigenvalue weighted by Crippen LogP contribution is 2.38. The van der Waals surface area contributed by atoms with E-state index in [9.17, 15) is 19.6 Å². The number of nitrogens with one attached hydrogen (secondary N) is 2. The molecule has 1 fully saturated rings. The molecular weight excluding hydrogens is 559 g/mol. The summed E-state index contributed by atoms with van der Waals surface area (Å²) in [5, 5.41) is 31.9. The molecule has 4 aromatic carbocycles. The van der Waals surface area contributed by atoms with E-state index in [1.807, 2.05) is 42.5 Å². The number of carbonyl (C=O) groups is 1. The first-order valence-corrected chi connectivity index (χ1v) is 14.2. The maximum absolute atomic E-state index is 14.7. The summed E-state index contributed by atoms with van der Waals surface area (Å²) in [6.45, 7) is 3.26. The van der Waals surface area contributed by atoms with Gasteiger partial charge in [-0.25, -0.2) is 9.87 Å². The van der Waals surface area contributed by atoms with Gasteiger partial charge in [-0.3, -0.25) is 14.9 Å². The Hall–Kier alpha value is -5.01. The molecule has 0 radical (unpaired) electrons. The highest BCUT2D eigenvalue weighted by Gasteiger charge is 2.22. The second-order valence-electron chi connectivity index (χ2n) is 10.7. The van der Waals surface area contributed by atoms with Crippen LogP contribution < -0.4 is 15.5 Å². The number of benzene rings is 4. The van der Waals surface area contributed by atoms with E-state index in [-0.39, 0.29) is 11.3 Å². The lowest BCUT2D eigenvalue weighted by atomic mass is 9.92. The molecule has 1 saturated heterocycles. The van der Waals surface area contributed by atoms with E-state index >= 15 is 0 Å². The van der Waals surface area contributed by atoms with Gasteiger partial charge in [0, 0.05) is 38.3 Å². The van der Waals surface area contributed by atoms with E-state index in [1.54, 1.807) is 29.8 Å². The molecule has 1 aliphatic rings. The average molecular weight is 593 g/mol. The fourth-order valence-corrected chi connectivity index (χ4v) is 5.43. The summed E-state index contributed by atoms with van der Waals surface area (Å²) in [5.41, 5.74) is 7.67. The molecule has 1 amide bonds. The monoisotopic (exact) mass is 592 g/mol. The van der Waals surface area contributed by atoms with Crippen LogP contribution in [-0.4, -0.2) is 47.4 Å². The first-order chi connectivity index (χ1) is 21.4. The van der Waals surface area contributed by atoms with Crippen LogP contribution in [-0.2, 0) is 17.9 Å². The van der Waals surface area contributed by atoms with Crippen LogP contribution in [0.15, 0.2) is 84.9 Å². The van der Waals surface area contributed by atoms with Gasteiger partial charge in [-0.1, -0.05) is 48.5 Å². The lowest BCUT2D eigenvalue weighted by molar-refractivity contribution is -0.124. The Labute approximate surface area is 255 Å². The van der Waals surface area contributed by atoms with E-state index in [4.69, 9.17) is 9.94 Å². The maximum Gasteiger partial charge on any atom is 0.267 e. The molecule has 4 aromatic rings. The number of aromatic hydroxyl groups is 1. The minimum Gasteiger partial charge on any atom is -0.504 e. The predicted molar refractivity (Wildman–Crippen MR) is 166 cm³/mol.